The predicted molar refractivity (Wildman–Crippen MR) is 102 cm³/mol. The van der Waals surface area contributed by atoms with Crippen LogP contribution in [-0.4, -0.2) is 26.8 Å². The quantitative estimate of drug-likeness (QED) is 0.578. The number of anilines is 1. The third kappa shape index (κ3) is 3.47. The molecule has 5 nitrogen and oxygen atoms in total. The molecular formula is C21H19N5. The van der Waals surface area contributed by atoms with E-state index in [-0.39, 0.29) is 5.92 Å². The van der Waals surface area contributed by atoms with Gasteiger partial charge in [-0.15, -0.1) is 0 Å². The van der Waals surface area contributed by atoms with E-state index >= 15 is 0 Å². The molecule has 0 amide bonds. The molecule has 0 bridgehead atoms. The van der Waals surface area contributed by atoms with Gasteiger partial charge >= 0.3 is 0 Å². The summed E-state index contributed by atoms with van der Waals surface area (Å²) >= 11 is 0. The Morgan fingerprint density at radius 2 is 1.27 bits per heavy atom. The van der Waals surface area contributed by atoms with Gasteiger partial charge in [-0.1, -0.05) is 84.0 Å². The fourth-order valence-corrected chi connectivity index (χ4v) is 3.03. The van der Waals surface area contributed by atoms with Gasteiger partial charge in [-0.3, -0.25) is 0 Å². The predicted octanol–water partition coefficient (Wildman–Crippen LogP) is 3.91. The van der Waals surface area contributed by atoms with Gasteiger partial charge in [-0.05, 0) is 33.7 Å². The second kappa shape index (κ2) is 7.61. The van der Waals surface area contributed by atoms with Crippen LogP contribution in [0.15, 0.2) is 91.0 Å². The normalized spacial score (nSPS) is 10.8. The van der Waals surface area contributed by atoms with Crippen molar-refractivity contribution in [2.24, 2.45) is 0 Å². The number of nitrogens with one attached hydrogen (secondary N) is 1. The molecule has 1 heterocycles. The summed E-state index contributed by atoms with van der Waals surface area (Å²) in [6.07, 6.45) is 0. The van der Waals surface area contributed by atoms with Crippen molar-refractivity contribution < 1.29 is 0 Å². The Hall–Kier alpha value is -3.47. The molecule has 1 N–H and O–H groups in total. The Morgan fingerprint density at radius 1 is 0.731 bits per heavy atom. The zero-order valence-electron chi connectivity index (χ0n) is 14.2. The zero-order chi connectivity index (χ0) is 17.6. The molecule has 0 spiro atoms. The summed E-state index contributed by atoms with van der Waals surface area (Å²) in [6.45, 7) is 0.696. The molecule has 0 saturated carbocycles. The molecule has 0 aliphatic heterocycles. The van der Waals surface area contributed by atoms with E-state index in [0.29, 0.717) is 12.5 Å². The molecule has 3 aromatic carbocycles. The van der Waals surface area contributed by atoms with E-state index in [1.54, 1.807) is 4.68 Å². The molecular weight excluding hydrogens is 322 g/mol. The highest BCUT2D eigenvalue weighted by atomic mass is 15.6. The van der Waals surface area contributed by atoms with Crippen LogP contribution in [0.5, 0.6) is 0 Å². The van der Waals surface area contributed by atoms with Crippen LogP contribution in [0.1, 0.15) is 17.0 Å². The molecule has 0 aliphatic carbocycles. The van der Waals surface area contributed by atoms with Crippen LogP contribution >= 0.6 is 0 Å². The first kappa shape index (κ1) is 16.0. The first-order valence-corrected chi connectivity index (χ1v) is 8.59. The number of hydrogen-bond acceptors (Lipinski definition) is 4. The van der Waals surface area contributed by atoms with Crippen LogP contribution in [-0.2, 0) is 0 Å². The lowest BCUT2D eigenvalue weighted by atomic mass is 9.91. The Bertz CT molecular complexity index is 896. The lowest BCUT2D eigenvalue weighted by Gasteiger charge is -2.19. The van der Waals surface area contributed by atoms with Crippen molar-refractivity contribution in [1.82, 2.24) is 20.2 Å². The Labute approximate surface area is 152 Å². The largest absolute Gasteiger partial charge is 0.352 e. The first-order chi connectivity index (χ1) is 12.9. The van der Waals surface area contributed by atoms with E-state index in [2.05, 4.69) is 69.4 Å². The van der Waals surface area contributed by atoms with Crippen LogP contribution in [0.2, 0.25) is 0 Å². The molecule has 0 radical (unpaired) electrons. The Balaban J connectivity index is 1.60. The second-order valence-corrected chi connectivity index (χ2v) is 6.00. The van der Waals surface area contributed by atoms with Gasteiger partial charge in [0.2, 0.25) is 5.95 Å². The SMILES string of the molecule is c1ccc(C(CNc2nnnn2-c2ccccc2)c2ccccc2)cc1. The van der Waals surface area contributed by atoms with Crippen molar-refractivity contribution in [2.75, 3.05) is 11.9 Å². The third-order valence-corrected chi connectivity index (χ3v) is 4.34. The van der Waals surface area contributed by atoms with Gasteiger partial charge in [-0.25, -0.2) is 0 Å². The van der Waals surface area contributed by atoms with Crippen molar-refractivity contribution in [3.8, 4) is 5.69 Å². The monoisotopic (exact) mass is 341 g/mol. The number of rotatable bonds is 6. The summed E-state index contributed by atoms with van der Waals surface area (Å²) in [7, 11) is 0. The van der Waals surface area contributed by atoms with Crippen LogP contribution in [0.25, 0.3) is 5.69 Å². The average Bonchev–Trinajstić information content (AvgIpc) is 3.19. The van der Waals surface area contributed by atoms with E-state index in [1.807, 2.05) is 42.5 Å². The summed E-state index contributed by atoms with van der Waals surface area (Å²) < 4.78 is 1.72. The molecule has 0 aliphatic rings. The summed E-state index contributed by atoms with van der Waals surface area (Å²) in [4.78, 5) is 0. The Morgan fingerprint density at radius 3 is 1.85 bits per heavy atom. The highest BCUT2D eigenvalue weighted by Gasteiger charge is 2.16. The summed E-state index contributed by atoms with van der Waals surface area (Å²) in [5.41, 5.74) is 3.44. The minimum Gasteiger partial charge on any atom is -0.352 e. The fourth-order valence-electron chi connectivity index (χ4n) is 3.03. The van der Waals surface area contributed by atoms with Gasteiger partial charge in [0.25, 0.3) is 0 Å². The maximum absolute atomic E-state index is 4.14. The number of para-hydroxylation sites is 1. The molecule has 4 aromatic rings. The lowest BCUT2D eigenvalue weighted by Crippen LogP contribution is -2.16. The average molecular weight is 341 g/mol. The molecule has 128 valence electrons. The fraction of sp³-hybridized carbons (Fsp3) is 0.0952. The molecule has 0 saturated heterocycles. The number of hydrogen-bond donors (Lipinski definition) is 1. The van der Waals surface area contributed by atoms with E-state index in [9.17, 15) is 0 Å². The number of benzene rings is 3. The lowest BCUT2D eigenvalue weighted by molar-refractivity contribution is 0.783. The highest BCUT2D eigenvalue weighted by Crippen LogP contribution is 2.25. The summed E-state index contributed by atoms with van der Waals surface area (Å²) in [5.74, 6) is 0.839. The summed E-state index contributed by atoms with van der Waals surface area (Å²) in [6, 6.07) is 30.8. The van der Waals surface area contributed by atoms with Gasteiger partial charge < -0.3 is 5.32 Å². The zero-order valence-corrected chi connectivity index (χ0v) is 14.2. The van der Waals surface area contributed by atoms with E-state index in [1.165, 1.54) is 11.1 Å². The van der Waals surface area contributed by atoms with Gasteiger partial charge in [0.05, 0.1) is 5.69 Å². The maximum Gasteiger partial charge on any atom is 0.247 e. The van der Waals surface area contributed by atoms with E-state index in [4.69, 9.17) is 0 Å². The summed E-state index contributed by atoms with van der Waals surface area (Å²) in [5, 5.41) is 15.5. The van der Waals surface area contributed by atoms with Crippen LogP contribution in [0.3, 0.4) is 0 Å². The molecule has 4 rings (SSSR count). The van der Waals surface area contributed by atoms with Crippen molar-refractivity contribution >= 4 is 5.95 Å². The number of aromatic nitrogens is 4. The van der Waals surface area contributed by atoms with Crippen LogP contribution < -0.4 is 5.32 Å². The number of nitrogens with zero attached hydrogens (tertiary/aromatic N) is 4. The second-order valence-electron chi connectivity index (χ2n) is 6.00. The van der Waals surface area contributed by atoms with Gasteiger partial charge in [0.1, 0.15) is 0 Å². The molecule has 26 heavy (non-hydrogen) atoms. The molecule has 1 aromatic heterocycles. The van der Waals surface area contributed by atoms with E-state index < -0.39 is 0 Å². The van der Waals surface area contributed by atoms with Crippen molar-refractivity contribution in [3.05, 3.63) is 102 Å². The smallest absolute Gasteiger partial charge is 0.247 e. The van der Waals surface area contributed by atoms with Crippen molar-refractivity contribution in [3.63, 3.8) is 0 Å². The topological polar surface area (TPSA) is 55.6 Å². The van der Waals surface area contributed by atoms with Crippen LogP contribution in [0.4, 0.5) is 5.95 Å². The van der Waals surface area contributed by atoms with Gasteiger partial charge in [0.15, 0.2) is 0 Å². The molecule has 5 heteroatoms. The Kier molecular flexibility index (Phi) is 4.69. The number of tetrazole rings is 1. The van der Waals surface area contributed by atoms with Crippen molar-refractivity contribution in [2.45, 2.75) is 5.92 Å². The molecule has 0 fully saturated rings. The van der Waals surface area contributed by atoms with Gasteiger partial charge in [-0.2, -0.15) is 4.68 Å². The minimum atomic E-state index is 0.207. The van der Waals surface area contributed by atoms with Gasteiger partial charge in [0, 0.05) is 12.5 Å². The van der Waals surface area contributed by atoms with Crippen molar-refractivity contribution in [1.29, 1.82) is 0 Å². The highest BCUT2D eigenvalue weighted by molar-refractivity contribution is 5.40. The minimum absolute atomic E-state index is 0.207. The maximum atomic E-state index is 4.14. The third-order valence-electron chi connectivity index (χ3n) is 4.34. The standard InChI is InChI=1S/C21H19N5/c1-4-10-17(11-5-1)20(18-12-6-2-7-13-18)16-22-21-23-24-25-26(21)19-14-8-3-9-15-19/h1-15,20H,16H2,(H,22,23,25). The molecule has 0 atom stereocenters. The molecule has 0 unspecified atom stereocenters. The van der Waals surface area contributed by atoms with E-state index in [0.717, 1.165) is 5.69 Å². The first-order valence-electron chi connectivity index (χ1n) is 8.59. The van der Waals surface area contributed by atoms with Crippen LogP contribution in [0, 0.1) is 0 Å².